The SMILES string of the molecule is CC1CCCC(CNC(=O)N2CCCC(N(C)CC(=O)O)CC2)(N(C)C)C1. The topological polar surface area (TPSA) is 76.1 Å². The van der Waals surface area contributed by atoms with Gasteiger partial charge in [-0.25, -0.2) is 4.79 Å². The molecule has 2 N–H and O–H groups in total. The highest BCUT2D eigenvalue weighted by Gasteiger charge is 2.37. The van der Waals surface area contributed by atoms with E-state index in [1.165, 1.54) is 12.8 Å². The number of amides is 2. The highest BCUT2D eigenvalue weighted by atomic mass is 16.4. The zero-order valence-electron chi connectivity index (χ0n) is 17.5. The second-order valence-corrected chi connectivity index (χ2v) is 8.86. The van der Waals surface area contributed by atoms with Crippen LogP contribution in [0.25, 0.3) is 0 Å². The number of likely N-dealkylation sites (tertiary alicyclic amines) is 1. The maximum atomic E-state index is 12.8. The highest BCUT2D eigenvalue weighted by Crippen LogP contribution is 2.35. The number of carboxylic acids is 1. The number of rotatable bonds is 6. The Morgan fingerprint density at radius 2 is 1.89 bits per heavy atom. The van der Waals surface area contributed by atoms with Crippen LogP contribution in [0.2, 0.25) is 0 Å². The van der Waals surface area contributed by atoms with E-state index in [-0.39, 0.29) is 24.2 Å². The van der Waals surface area contributed by atoms with E-state index < -0.39 is 5.97 Å². The summed E-state index contributed by atoms with van der Waals surface area (Å²) in [4.78, 5) is 29.8. The fraction of sp³-hybridized carbons (Fsp3) is 0.900. The van der Waals surface area contributed by atoms with Gasteiger partial charge in [-0.05, 0) is 59.2 Å². The van der Waals surface area contributed by atoms with Crippen molar-refractivity contribution in [3.8, 4) is 0 Å². The molecular formula is C20H38N4O3. The molecule has 0 aromatic carbocycles. The number of nitrogens with zero attached hydrogens (tertiary/aromatic N) is 3. The van der Waals surface area contributed by atoms with Gasteiger partial charge in [-0.15, -0.1) is 0 Å². The third-order valence-electron chi connectivity index (χ3n) is 6.58. The molecule has 1 saturated carbocycles. The van der Waals surface area contributed by atoms with Gasteiger partial charge in [0, 0.05) is 31.2 Å². The Hall–Kier alpha value is -1.34. The first-order chi connectivity index (χ1) is 12.7. The molecule has 0 bridgehead atoms. The van der Waals surface area contributed by atoms with E-state index in [1.54, 1.807) is 0 Å². The zero-order chi connectivity index (χ0) is 20.0. The number of hydrogen-bond acceptors (Lipinski definition) is 4. The number of carbonyl (C=O) groups excluding carboxylic acids is 1. The molecule has 2 aliphatic rings. The van der Waals surface area contributed by atoms with E-state index in [2.05, 4.69) is 31.2 Å². The lowest BCUT2D eigenvalue weighted by atomic mass is 9.75. The number of nitrogens with one attached hydrogen (secondary N) is 1. The zero-order valence-corrected chi connectivity index (χ0v) is 17.5. The Morgan fingerprint density at radius 1 is 1.15 bits per heavy atom. The molecule has 3 unspecified atom stereocenters. The number of carbonyl (C=O) groups is 2. The maximum Gasteiger partial charge on any atom is 0.317 e. The van der Waals surface area contributed by atoms with Crippen molar-refractivity contribution < 1.29 is 14.7 Å². The fourth-order valence-corrected chi connectivity index (χ4v) is 4.77. The van der Waals surface area contributed by atoms with Crippen LogP contribution in [0, 0.1) is 5.92 Å². The van der Waals surface area contributed by atoms with Gasteiger partial charge in [0.15, 0.2) is 0 Å². The van der Waals surface area contributed by atoms with Crippen LogP contribution in [0.5, 0.6) is 0 Å². The Kier molecular flexibility index (Phi) is 7.91. The van der Waals surface area contributed by atoms with E-state index in [0.29, 0.717) is 19.0 Å². The minimum atomic E-state index is -0.799. The van der Waals surface area contributed by atoms with E-state index in [4.69, 9.17) is 5.11 Å². The van der Waals surface area contributed by atoms with Crippen LogP contribution in [-0.2, 0) is 4.79 Å². The van der Waals surface area contributed by atoms with Gasteiger partial charge >= 0.3 is 12.0 Å². The molecule has 0 radical (unpaired) electrons. The average molecular weight is 383 g/mol. The Labute approximate surface area is 164 Å². The lowest BCUT2D eigenvalue weighted by molar-refractivity contribution is -0.138. The monoisotopic (exact) mass is 382 g/mol. The first kappa shape index (κ1) is 22.0. The molecule has 0 aromatic rings. The van der Waals surface area contributed by atoms with Crippen LogP contribution in [0.3, 0.4) is 0 Å². The van der Waals surface area contributed by atoms with Crippen LogP contribution >= 0.6 is 0 Å². The first-order valence-electron chi connectivity index (χ1n) is 10.4. The molecule has 156 valence electrons. The molecule has 0 aromatic heterocycles. The standard InChI is InChI=1S/C20H38N4O3/c1-16-7-5-10-20(13-16,22(2)3)15-21-19(27)24-11-6-8-17(9-12-24)23(4)14-18(25)26/h16-17H,5-15H2,1-4H3,(H,21,27)(H,25,26). The van der Waals surface area contributed by atoms with Crippen molar-refractivity contribution in [1.82, 2.24) is 20.0 Å². The average Bonchev–Trinajstić information content (AvgIpc) is 2.85. The van der Waals surface area contributed by atoms with E-state index in [1.807, 2.05) is 16.8 Å². The Balaban J connectivity index is 1.87. The molecule has 2 fully saturated rings. The normalized spacial score (nSPS) is 29.6. The molecule has 0 spiro atoms. The molecule has 1 heterocycles. The van der Waals surface area contributed by atoms with Crippen molar-refractivity contribution in [3.05, 3.63) is 0 Å². The van der Waals surface area contributed by atoms with E-state index >= 15 is 0 Å². The largest absolute Gasteiger partial charge is 0.480 e. The molecule has 1 saturated heterocycles. The van der Waals surface area contributed by atoms with Gasteiger partial charge in [-0.1, -0.05) is 19.8 Å². The van der Waals surface area contributed by atoms with Crippen molar-refractivity contribution in [2.75, 3.05) is 47.3 Å². The molecule has 2 rings (SSSR count). The lowest BCUT2D eigenvalue weighted by Gasteiger charge is -2.45. The number of hydrogen-bond donors (Lipinski definition) is 2. The van der Waals surface area contributed by atoms with Crippen LogP contribution in [0.1, 0.15) is 51.9 Å². The molecule has 7 heteroatoms. The van der Waals surface area contributed by atoms with Gasteiger partial charge in [-0.3, -0.25) is 9.69 Å². The van der Waals surface area contributed by atoms with Gasteiger partial charge < -0.3 is 20.2 Å². The summed E-state index contributed by atoms with van der Waals surface area (Å²) in [6, 6.07) is 0.252. The first-order valence-corrected chi connectivity index (χ1v) is 10.4. The van der Waals surface area contributed by atoms with Gasteiger partial charge in [0.25, 0.3) is 0 Å². The number of carboxylic acid groups (broad SMARTS) is 1. The summed E-state index contributed by atoms with van der Waals surface area (Å²) >= 11 is 0. The molecule has 3 atom stereocenters. The summed E-state index contributed by atoms with van der Waals surface area (Å²) in [6.45, 7) is 4.49. The van der Waals surface area contributed by atoms with Crippen molar-refractivity contribution >= 4 is 12.0 Å². The highest BCUT2D eigenvalue weighted by molar-refractivity contribution is 5.74. The van der Waals surface area contributed by atoms with Gasteiger partial charge in [0.05, 0.1) is 6.54 Å². The van der Waals surface area contributed by atoms with Crippen molar-refractivity contribution in [1.29, 1.82) is 0 Å². The quantitative estimate of drug-likeness (QED) is 0.736. The number of aliphatic carboxylic acids is 1. The number of likely N-dealkylation sites (N-methyl/N-ethyl adjacent to an activating group) is 2. The number of urea groups is 1. The second-order valence-electron chi connectivity index (χ2n) is 8.86. The minimum absolute atomic E-state index is 0.0241. The third kappa shape index (κ3) is 6.07. The summed E-state index contributed by atoms with van der Waals surface area (Å²) in [5, 5.41) is 12.2. The summed E-state index contributed by atoms with van der Waals surface area (Å²) in [7, 11) is 6.11. The molecule has 2 amide bonds. The van der Waals surface area contributed by atoms with Crippen molar-refractivity contribution in [2.45, 2.75) is 63.5 Å². The van der Waals surface area contributed by atoms with E-state index in [9.17, 15) is 9.59 Å². The smallest absolute Gasteiger partial charge is 0.317 e. The maximum absolute atomic E-state index is 12.8. The van der Waals surface area contributed by atoms with Crippen LogP contribution in [0.4, 0.5) is 4.79 Å². The minimum Gasteiger partial charge on any atom is -0.480 e. The lowest BCUT2D eigenvalue weighted by Crippen LogP contribution is -2.56. The van der Waals surface area contributed by atoms with Crippen LogP contribution < -0.4 is 5.32 Å². The van der Waals surface area contributed by atoms with Crippen LogP contribution in [0.15, 0.2) is 0 Å². The van der Waals surface area contributed by atoms with Crippen LogP contribution in [-0.4, -0.2) is 90.7 Å². The second kappa shape index (κ2) is 9.73. The van der Waals surface area contributed by atoms with Gasteiger partial charge in [0.2, 0.25) is 0 Å². The Bertz CT molecular complexity index is 513. The van der Waals surface area contributed by atoms with E-state index in [0.717, 1.165) is 38.6 Å². The molecule has 1 aliphatic heterocycles. The molecule has 1 aliphatic carbocycles. The predicted octanol–water partition coefficient (Wildman–Crippen LogP) is 2.08. The predicted molar refractivity (Wildman–Crippen MR) is 107 cm³/mol. The summed E-state index contributed by atoms with van der Waals surface area (Å²) < 4.78 is 0. The molecular weight excluding hydrogens is 344 g/mol. The van der Waals surface area contributed by atoms with Gasteiger partial charge in [0.1, 0.15) is 0 Å². The van der Waals surface area contributed by atoms with Gasteiger partial charge in [-0.2, -0.15) is 0 Å². The Morgan fingerprint density at radius 3 is 2.52 bits per heavy atom. The third-order valence-corrected chi connectivity index (χ3v) is 6.58. The van der Waals surface area contributed by atoms with Crippen molar-refractivity contribution in [3.63, 3.8) is 0 Å². The molecule has 7 nitrogen and oxygen atoms in total. The molecule has 27 heavy (non-hydrogen) atoms. The summed E-state index contributed by atoms with van der Waals surface area (Å²) in [6.07, 6.45) is 7.43. The summed E-state index contributed by atoms with van der Waals surface area (Å²) in [5.74, 6) is -0.103. The summed E-state index contributed by atoms with van der Waals surface area (Å²) in [5.41, 5.74) is 0.0589. The fourth-order valence-electron chi connectivity index (χ4n) is 4.77. The van der Waals surface area contributed by atoms with Crippen molar-refractivity contribution in [2.24, 2.45) is 5.92 Å².